The summed E-state index contributed by atoms with van der Waals surface area (Å²) in [6.07, 6.45) is 13.2. The lowest BCUT2D eigenvalue weighted by molar-refractivity contribution is 0.303. The average molecular weight is 353 g/mol. The number of benzene rings is 2. The van der Waals surface area contributed by atoms with E-state index >= 15 is 0 Å². The predicted molar refractivity (Wildman–Crippen MR) is 109 cm³/mol. The zero-order valence-corrected chi connectivity index (χ0v) is 16.2. The highest BCUT2D eigenvalue weighted by Gasteiger charge is 2.21. The number of unbranched alkanes of at least 4 members (excludes halogenated alkanes) is 2. The van der Waals surface area contributed by atoms with Crippen molar-refractivity contribution in [2.45, 2.75) is 77.0 Å². The summed E-state index contributed by atoms with van der Waals surface area (Å²) in [5.74, 6) is 1.59. The number of aryl methyl sites for hydroxylation is 2. The van der Waals surface area contributed by atoms with Gasteiger partial charge in [0.15, 0.2) is 0 Å². The second kappa shape index (κ2) is 9.90. The molecule has 0 heterocycles. The highest BCUT2D eigenvalue weighted by atomic mass is 19.1. The van der Waals surface area contributed by atoms with E-state index in [-0.39, 0.29) is 5.82 Å². The lowest BCUT2D eigenvalue weighted by atomic mass is 9.77. The van der Waals surface area contributed by atoms with Crippen LogP contribution in [0.4, 0.5) is 4.39 Å². The number of rotatable bonds is 8. The maximum atomic E-state index is 13.0. The van der Waals surface area contributed by atoms with E-state index in [1.165, 1.54) is 68.1 Å². The van der Waals surface area contributed by atoms with Crippen LogP contribution in [0.1, 0.15) is 80.9 Å². The summed E-state index contributed by atoms with van der Waals surface area (Å²) in [4.78, 5) is 0. The highest BCUT2D eigenvalue weighted by molar-refractivity contribution is 5.27. The lowest BCUT2D eigenvalue weighted by Gasteiger charge is -2.29. The Hall–Kier alpha value is -1.63. The lowest BCUT2D eigenvalue weighted by Crippen LogP contribution is -2.13. The molecule has 1 aliphatic rings. The fourth-order valence-corrected chi connectivity index (χ4v) is 4.36. The minimum atomic E-state index is -0.154. The molecule has 0 N–H and O–H groups in total. The Bertz CT molecular complexity index is 633. The molecule has 0 aromatic heterocycles. The van der Waals surface area contributed by atoms with Crippen molar-refractivity contribution in [1.29, 1.82) is 0 Å². The summed E-state index contributed by atoms with van der Waals surface area (Å²) in [7, 11) is 0. The molecule has 0 spiro atoms. The first-order valence-electron chi connectivity index (χ1n) is 10.6. The monoisotopic (exact) mass is 352 g/mol. The molecule has 0 bridgehead atoms. The maximum Gasteiger partial charge on any atom is 0.123 e. The molecule has 0 unspecified atom stereocenters. The minimum Gasteiger partial charge on any atom is -0.207 e. The SMILES string of the molecule is CCCCC[C@H]1CC[C@H](c2ccc(CCc3ccc(F)cc3)cc2)CC1. The van der Waals surface area contributed by atoms with E-state index in [1.807, 2.05) is 12.1 Å². The summed E-state index contributed by atoms with van der Waals surface area (Å²) in [5.41, 5.74) is 4.12. The van der Waals surface area contributed by atoms with Crippen LogP contribution in [0.25, 0.3) is 0 Å². The molecule has 1 fully saturated rings. The molecule has 0 aliphatic heterocycles. The van der Waals surface area contributed by atoms with E-state index in [0.717, 1.165) is 24.7 Å². The highest BCUT2D eigenvalue weighted by Crippen LogP contribution is 2.37. The van der Waals surface area contributed by atoms with Crippen molar-refractivity contribution < 1.29 is 4.39 Å². The van der Waals surface area contributed by atoms with Crippen molar-refractivity contribution in [3.05, 3.63) is 71.0 Å². The largest absolute Gasteiger partial charge is 0.207 e. The van der Waals surface area contributed by atoms with Gasteiger partial charge in [0, 0.05) is 0 Å². The second-order valence-corrected chi connectivity index (χ2v) is 8.08. The van der Waals surface area contributed by atoms with E-state index in [0.29, 0.717) is 0 Å². The Balaban J connectivity index is 1.45. The van der Waals surface area contributed by atoms with E-state index in [2.05, 4.69) is 31.2 Å². The standard InChI is InChI=1S/C25H33F/c1-2-3-4-5-20-8-14-23(15-9-20)24-16-10-21(11-17-24)6-7-22-12-18-25(26)19-13-22/h10-13,16-20,23H,2-9,14-15H2,1H3/t20-,23-. The minimum absolute atomic E-state index is 0.154. The van der Waals surface area contributed by atoms with Crippen molar-refractivity contribution in [1.82, 2.24) is 0 Å². The maximum absolute atomic E-state index is 13.0. The Labute approximate surface area is 158 Å². The van der Waals surface area contributed by atoms with Crippen molar-refractivity contribution in [2.75, 3.05) is 0 Å². The molecule has 1 aliphatic carbocycles. The fourth-order valence-electron chi connectivity index (χ4n) is 4.36. The molecule has 3 rings (SSSR count). The summed E-state index contributed by atoms with van der Waals surface area (Å²) in [6, 6.07) is 16.2. The van der Waals surface area contributed by atoms with Crippen LogP contribution in [0.2, 0.25) is 0 Å². The van der Waals surface area contributed by atoms with Crippen molar-refractivity contribution in [3.8, 4) is 0 Å². The Morgan fingerprint density at radius 2 is 1.35 bits per heavy atom. The van der Waals surface area contributed by atoms with Gasteiger partial charge in [0.05, 0.1) is 0 Å². The van der Waals surface area contributed by atoms with E-state index in [4.69, 9.17) is 0 Å². The molecule has 0 atom stereocenters. The summed E-state index contributed by atoms with van der Waals surface area (Å²) >= 11 is 0. The predicted octanol–water partition coefficient (Wildman–Crippen LogP) is 7.47. The zero-order chi connectivity index (χ0) is 18.2. The van der Waals surface area contributed by atoms with Crippen LogP contribution in [-0.4, -0.2) is 0 Å². The molecule has 0 saturated heterocycles. The first-order valence-corrected chi connectivity index (χ1v) is 10.6. The van der Waals surface area contributed by atoms with Gasteiger partial charge in [-0.25, -0.2) is 4.39 Å². The van der Waals surface area contributed by atoms with Gasteiger partial charge in [0.25, 0.3) is 0 Å². The molecular formula is C25H33F. The molecule has 1 heteroatoms. The fraction of sp³-hybridized carbons (Fsp3) is 0.520. The van der Waals surface area contributed by atoms with Gasteiger partial charge in [-0.15, -0.1) is 0 Å². The number of hydrogen-bond acceptors (Lipinski definition) is 0. The van der Waals surface area contributed by atoms with Crippen LogP contribution < -0.4 is 0 Å². The number of halogens is 1. The average Bonchev–Trinajstić information content (AvgIpc) is 2.69. The molecule has 26 heavy (non-hydrogen) atoms. The van der Waals surface area contributed by atoms with Gasteiger partial charge in [-0.2, -0.15) is 0 Å². The number of hydrogen-bond donors (Lipinski definition) is 0. The van der Waals surface area contributed by atoms with Gasteiger partial charge in [-0.05, 0) is 79.2 Å². The van der Waals surface area contributed by atoms with Crippen LogP contribution in [0.5, 0.6) is 0 Å². The van der Waals surface area contributed by atoms with Gasteiger partial charge in [-0.1, -0.05) is 69.0 Å². The van der Waals surface area contributed by atoms with Crippen LogP contribution in [0, 0.1) is 11.7 Å². The van der Waals surface area contributed by atoms with E-state index in [1.54, 1.807) is 12.1 Å². The summed E-state index contributed by atoms with van der Waals surface area (Å²) in [5, 5.41) is 0. The van der Waals surface area contributed by atoms with Gasteiger partial charge >= 0.3 is 0 Å². The topological polar surface area (TPSA) is 0 Å². The quantitative estimate of drug-likeness (QED) is 0.432. The van der Waals surface area contributed by atoms with Crippen LogP contribution in [-0.2, 0) is 12.8 Å². The second-order valence-electron chi connectivity index (χ2n) is 8.08. The molecule has 1 saturated carbocycles. The van der Waals surface area contributed by atoms with Crippen molar-refractivity contribution in [2.24, 2.45) is 5.92 Å². The van der Waals surface area contributed by atoms with Crippen LogP contribution in [0.3, 0.4) is 0 Å². The van der Waals surface area contributed by atoms with Crippen LogP contribution in [0.15, 0.2) is 48.5 Å². The molecule has 0 nitrogen and oxygen atoms in total. The molecule has 0 amide bonds. The van der Waals surface area contributed by atoms with Gasteiger partial charge in [0.1, 0.15) is 5.82 Å². The first kappa shape index (κ1) is 19.1. The first-order chi connectivity index (χ1) is 12.7. The normalized spacial score (nSPS) is 20.2. The Kier molecular flexibility index (Phi) is 7.29. The third-order valence-corrected chi connectivity index (χ3v) is 6.13. The van der Waals surface area contributed by atoms with Crippen molar-refractivity contribution >= 4 is 0 Å². The molecule has 2 aromatic rings. The summed E-state index contributed by atoms with van der Waals surface area (Å²) in [6.45, 7) is 2.29. The Morgan fingerprint density at radius 1 is 0.769 bits per heavy atom. The molecule has 2 aromatic carbocycles. The van der Waals surface area contributed by atoms with Gasteiger partial charge < -0.3 is 0 Å². The van der Waals surface area contributed by atoms with Gasteiger partial charge in [0.2, 0.25) is 0 Å². The molecule has 0 radical (unpaired) electrons. The van der Waals surface area contributed by atoms with E-state index in [9.17, 15) is 4.39 Å². The molecule has 140 valence electrons. The third kappa shape index (κ3) is 5.69. The zero-order valence-electron chi connectivity index (χ0n) is 16.2. The third-order valence-electron chi connectivity index (χ3n) is 6.13. The van der Waals surface area contributed by atoms with Gasteiger partial charge in [-0.3, -0.25) is 0 Å². The van der Waals surface area contributed by atoms with Crippen molar-refractivity contribution in [3.63, 3.8) is 0 Å². The smallest absolute Gasteiger partial charge is 0.123 e. The molecular weight excluding hydrogens is 319 g/mol. The van der Waals surface area contributed by atoms with Crippen LogP contribution >= 0.6 is 0 Å². The Morgan fingerprint density at radius 3 is 1.92 bits per heavy atom. The van der Waals surface area contributed by atoms with E-state index < -0.39 is 0 Å². The summed E-state index contributed by atoms with van der Waals surface area (Å²) < 4.78 is 13.0.